The molecule has 0 atom stereocenters. The molecule has 1 N–H and O–H groups in total. The van der Waals surface area contributed by atoms with Crippen molar-refractivity contribution in [3.63, 3.8) is 0 Å². The highest BCUT2D eigenvalue weighted by molar-refractivity contribution is 6.31. The summed E-state index contributed by atoms with van der Waals surface area (Å²) in [5.41, 5.74) is 0.850. The van der Waals surface area contributed by atoms with Crippen molar-refractivity contribution in [2.75, 3.05) is 5.32 Å². The first-order chi connectivity index (χ1) is 15.1. The highest BCUT2D eigenvalue weighted by Crippen LogP contribution is 2.36. The summed E-state index contributed by atoms with van der Waals surface area (Å²) in [5.74, 6) is -0.469. The molecule has 3 heterocycles. The number of pyridine rings is 1. The SMILES string of the molecule is Cc1cc(C(F)(F)F)c2c(C)nn(CC(=O)Nc3cnn(Cc4ccccc4Cl)c3)c2n1. The van der Waals surface area contributed by atoms with Gasteiger partial charge in [0.25, 0.3) is 0 Å². The molecule has 11 heteroatoms. The van der Waals surface area contributed by atoms with Crippen molar-refractivity contribution in [1.82, 2.24) is 24.5 Å². The van der Waals surface area contributed by atoms with Gasteiger partial charge in [0.05, 0.1) is 35.1 Å². The lowest BCUT2D eigenvalue weighted by molar-refractivity contribution is -0.136. The minimum absolute atomic E-state index is 0.0133. The average Bonchev–Trinajstić information content (AvgIpc) is 3.26. The molecule has 7 nitrogen and oxygen atoms in total. The van der Waals surface area contributed by atoms with Crippen LogP contribution in [0.5, 0.6) is 0 Å². The van der Waals surface area contributed by atoms with Crippen molar-refractivity contribution in [3.05, 3.63) is 70.3 Å². The van der Waals surface area contributed by atoms with Crippen molar-refractivity contribution in [2.45, 2.75) is 33.1 Å². The first-order valence-electron chi connectivity index (χ1n) is 9.59. The summed E-state index contributed by atoms with van der Waals surface area (Å²) in [4.78, 5) is 16.7. The maximum atomic E-state index is 13.5. The van der Waals surface area contributed by atoms with Gasteiger partial charge in [-0.2, -0.15) is 23.4 Å². The number of anilines is 1. The van der Waals surface area contributed by atoms with E-state index in [1.54, 1.807) is 16.9 Å². The van der Waals surface area contributed by atoms with Crippen LogP contribution in [0.15, 0.2) is 42.7 Å². The molecular weight excluding hydrogens is 445 g/mol. The highest BCUT2D eigenvalue weighted by atomic mass is 35.5. The minimum atomic E-state index is -4.55. The van der Waals surface area contributed by atoms with Gasteiger partial charge >= 0.3 is 6.18 Å². The number of alkyl halides is 3. The van der Waals surface area contributed by atoms with E-state index >= 15 is 0 Å². The number of fused-ring (bicyclic) bond motifs is 1. The monoisotopic (exact) mass is 462 g/mol. The van der Waals surface area contributed by atoms with Gasteiger partial charge in [-0.25, -0.2) is 9.67 Å². The summed E-state index contributed by atoms with van der Waals surface area (Å²) in [6.07, 6.45) is -1.44. The number of rotatable bonds is 5. The molecule has 0 bridgehead atoms. The Morgan fingerprint density at radius 1 is 1.22 bits per heavy atom. The fraction of sp³-hybridized carbons (Fsp3) is 0.238. The van der Waals surface area contributed by atoms with E-state index in [0.717, 1.165) is 11.6 Å². The molecule has 0 aliphatic rings. The second kappa shape index (κ2) is 8.27. The third kappa shape index (κ3) is 4.45. The van der Waals surface area contributed by atoms with Gasteiger partial charge in [0.15, 0.2) is 5.65 Å². The number of aryl methyl sites for hydroxylation is 2. The van der Waals surface area contributed by atoms with E-state index < -0.39 is 17.6 Å². The number of nitrogens with zero attached hydrogens (tertiary/aromatic N) is 5. The number of aromatic nitrogens is 5. The van der Waals surface area contributed by atoms with Gasteiger partial charge in [0.1, 0.15) is 6.54 Å². The van der Waals surface area contributed by atoms with Crippen LogP contribution in [-0.2, 0) is 24.1 Å². The average molecular weight is 463 g/mol. The molecule has 0 saturated carbocycles. The molecule has 0 aliphatic heterocycles. The van der Waals surface area contributed by atoms with Crippen LogP contribution in [-0.4, -0.2) is 30.5 Å². The maximum Gasteiger partial charge on any atom is 0.417 e. The topological polar surface area (TPSA) is 77.6 Å². The molecule has 0 saturated heterocycles. The van der Waals surface area contributed by atoms with Gasteiger partial charge < -0.3 is 5.32 Å². The van der Waals surface area contributed by atoms with Crippen molar-refractivity contribution in [3.8, 4) is 0 Å². The molecule has 0 fully saturated rings. The van der Waals surface area contributed by atoms with E-state index in [9.17, 15) is 18.0 Å². The second-order valence-corrected chi connectivity index (χ2v) is 7.72. The Bertz CT molecular complexity index is 1310. The Labute approximate surface area is 185 Å². The third-order valence-corrected chi connectivity index (χ3v) is 5.18. The number of nitrogens with one attached hydrogen (secondary N) is 1. The molecule has 1 aromatic carbocycles. The Morgan fingerprint density at radius 3 is 2.69 bits per heavy atom. The molecule has 3 aromatic heterocycles. The van der Waals surface area contributed by atoms with Gasteiger partial charge in [0.2, 0.25) is 5.91 Å². The molecule has 0 spiro atoms. The van der Waals surface area contributed by atoms with Crippen molar-refractivity contribution in [1.29, 1.82) is 0 Å². The van der Waals surface area contributed by atoms with Crippen molar-refractivity contribution >= 4 is 34.2 Å². The largest absolute Gasteiger partial charge is 0.417 e. The predicted octanol–water partition coefficient (Wildman–Crippen LogP) is 4.60. The van der Waals surface area contributed by atoms with Crippen molar-refractivity contribution < 1.29 is 18.0 Å². The van der Waals surface area contributed by atoms with Gasteiger partial charge in [-0.15, -0.1) is 0 Å². The molecule has 4 rings (SSSR count). The Hall–Kier alpha value is -3.40. The lowest BCUT2D eigenvalue weighted by Gasteiger charge is -2.10. The third-order valence-electron chi connectivity index (χ3n) is 4.81. The molecule has 166 valence electrons. The maximum absolute atomic E-state index is 13.5. The zero-order valence-electron chi connectivity index (χ0n) is 17.1. The molecule has 0 radical (unpaired) electrons. The van der Waals surface area contributed by atoms with Gasteiger partial charge in [0, 0.05) is 16.9 Å². The summed E-state index contributed by atoms with van der Waals surface area (Å²) >= 11 is 6.16. The highest BCUT2D eigenvalue weighted by Gasteiger charge is 2.35. The summed E-state index contributed by atoms with van der Waals surface area (Å²) in [5, 5.41) is 11.5. The van der Waals surface area contributed by atoms with Crippen molar-refractivity contribution in [2.24, 2.45) is 0 Å². The number of hydrogen-bond acceptors (Lipinski definition) is 4. The van der Waals surface area contributed by atoms with Gasteiger partial charge in [-0.05, 0) is 31.5 Å². The number of hydrogen-bond donors (Lipinski definition) is 1. The fourth-order valence-electron chi connectivity index (χ4n) is 3.46. The molecule has 32 heavy (non-hydrogen) atoms. The lowest BCUT2D eigenvalue weighted by atomic mass is 10.1. The van der Waals surface area contributed by atoms with Crippen LogP contribution in [0.2, 0.25) is 5.02 Å². The number of carbonyl (C=O) groups is 1. The Balaban J connectivity index is 1.52. The second-order valence-electron chi connectivity index (χ2n) is 7.32. The summed E-state index contributed by atoms with van der Waals surface area (Å²) in [7, 11) is 0. The van der Waals surface area contributed by atoms with E-state index in [1.807, 2.05) is 18.2 Å². The fourth-order valence-corrected chi connectivity index (χ4v) is 3.66. The first-order valence-corrected chi connectivity index (χ1v) is 9.97. The minimum Gasteiger partial charge on any atom is -0.322 e. The standard InChI is InChI=1S/C21H18ClF3N6O/c1-12-7-16(21(23,24)25)19-13(2)29-31(20(19)27-12)11-18(32)28-15-8-26-30(10-15)9-14-5-3-4-6-17(14)22/h3-8,10H,9,11H2,1-2H3,(H,28,32). The van der Waals surface area contributed by atoms with Crippen LogP contribution >= 0.6 is 11.6 Å². The Morgan fingerprint density at radius 2 is 1.97 bits per heavy atom. The molecule has 0 aliphatic carbocycles. The van der Waals surface area contributed by atoms with Crippen LogP contribution in [0, 0.1) is 13.8 Å². The number of benzene rings is 1. The van der Waals surface area contributed by atoms with Gasteiger partial charge in [-0.3, -0.25) is 9.48 Å². The van der Waals surface area contributed by atoms with E-state index in [0.29, 0.717) is 17.3 Å². The molecule has 0 unspecified atom stereocenters. The van der Waals surface area contributed by atoms with Crippen LogP contribution in [0.25, 0.3) is 11.0 Å². The van der Waals surface area contributed by atoms with Crippen LogP contribution in [0.3, 0.4) is 0 Å². The number of halogens is 4. The van der Waals surface area contributed by atoms with E-state index in [4.69, 9.17) is 11.6 Å². The van der Waals surface area contributed by atoms with Crippen LogP contribution in [0.4, 0.5) is 18.9 Å². The lowest BCUT2D eigenvalue weighted by Crippen LogP contribution is -2.19. The van der Waals surface area contributed by atoms with Crippen LogP contribution < -0.4 is 5.32 Å². The summed E-state index contributed by atoms with van der Waals surface area (Å²) in [6.45, 7) is 3.05. The van der Waals surface area contributed by atoms with Gasteiger partial charge in [-0.1, -0.05) is 29.8 Å². The molecular formula is C21H18ClF3N6O. The predicted molar refractivity (Wildman–Crippen MR) is 113 cm³/mol. The van der Waals surface area contributed by atoms with E-state index in [1.165, 1.54) is 24.7 Å². The first kappa shape index (κ1) is 21.8. The zero-order chi connectivity index (χ0) is 23.0. The smallest absolute Gasteiger partial charge is 0.322 e. The van der Waals surface area contributed by atoms with Crippen LogP contribution in [0.1, 0.15) is 22.5 Å². The molecule has 4 aromatic rings. The number of carbonyl (C=O) groups excluding carboxylic acids is 1. The van der Waals surface area contributed by atoms with E-state index in [-0.39, 0.29) is 29.0 Å². The summed E-state index contributed by atoms with van der Waals surface area (Å²) < 4.78 is 43.2. The normalized spacial score (nSPS) is 11.8. The quantitative estimate of drug-likeness (QED) is 0.470. The Kier molecular flexibility index (Phi) is 5.64. The molecule has 1 amide bonds. The zero-order valence-corrected chi connectivity index (χ0v) is 17.9. The summed E-state index contributed by atoms with van der Waals surface area (Å²) in [6, 6.07) is 8.32. The number of amides is 1. The van der Waals surface area contributed by atoms with E-state index in [2.05, 4.69) is 20.5 Å².